The molecule has 1 aromatic heterocycles. The Balaban J connectivity index is 1.78. The zero-order valence-electron chi connectivity index (χ0n) is 13.5. The van der Waals surface area contributed by atoms with Crippen LogP contribution in [0.5, 0.6) is 0 Å². The molecular weight excluding hydrogens is 310 g/mol. The minimum Gasteiger partial charge on any atom is -0.398 e. The summed E-state index contributed by atoms with van der Waals surface area (Å²) in [7, 11) is 0. The number of fused-ring (bicyclic) bond motifs is 1. The van der Waals surface area contributed by atoms with E-state index in [1.807, 2.05) is 36.9 Å². The molecule has 0 radical (unpaired) electrons. The molecule has 6 heteroatoms. The summed E-state index contributed by atoms with van der Waals surface area (Å²) in [6.45, 7) is 5.01. The van der Waals surface area contributed by atoms with Gasteiger partial charge in [-0.1, -0.05) is 17.4 Å². The number of aromatic nitrogens is 1. The van der Waals surface area contributed by atoms with Gasteiger partial charge in [0.15, 0.2) is 0 Å². The van der Waals surface area contributed by atoms with E-state index in [1.54, 1.807) is 4.57 Å². The van der Waals surface area contributed by atoms with Gasteiger partial charge in [-0.05, 0) is 44.4 Å². The van der Waals surface area contributed by atoms with Gasteiger partial charge in [0.2, 0.25) is 5.91 Å². The fourth-order valence-electron chi connectivity index (χ4n) is 3.10. The molecule has 2 aromatic rings. The molecule has 0 aliphatic carbocycles. The molecular formula is C17H21N3O2S. The predicted octanol–water partition coefficient (Wildman–Crippen LogP) is 2.48. The van der Waals surface area contributed by atoms with E-state index in [0.29, 0.717) is 19.5 Å². The van der Waals surface area contributed by atoms with Gasteiger partial charge in [-0.25, -0.2) is 0 Å². The van der Waals surface area contributed by atoms with Crippen LogP contribution in [-0.2, 0) is 17.8 Å². The number of aryl methyl sites for hydroxylation is 1. The zero-order chi connectivity index (χ0) is 16.6. The highest BCUT2D eigenvalue weighted by Crippen LogP contribution is 2.31. The topological polar surface area (TPSA) is 68.3 Å². The summed E-state index contributed by atoms with van der Waals surface area (Å²) in [5.41, 5.74) is 9.72. The summed E-state index contributed by atoms with van der Waals surface area (Å²) < 4.78 is 1.70. The maximum atomic E-state index is 12.6. The van der Waals surface area contributed by atoms with Crippen molar-refractivity contribution in [3.8, 4) is 0 Å². The fourth-order valence-corrected chi connectivity index (χ4v) is 3.96. The molecule has 122 valence electrons. The molecule has 1 aliphatic heterocycles. The van der Waals surface area contributed by atoms with Crippen molar-refractivity contribution in [3.05, 3.63) is 44.0 Å². The number of nitrogens with two attached hydrogens (primary N) is 1. The van der Waals surface area contributed by atoms with Crippen LogP contribution in [0, 0.1) is 13.8 Å². The molecule has 0 unspecified atom stereocenters. The van der Waals surface area contributed by atoms with Gasteiger partial charge in [-0.3, -0.25) is 9.59 Å². The number of hydrogen-bond donors (Lipinski definition) is 1. The van der Waals surface area contributed by atoms with E-state index in [9.17, 15) is 9.59 Å². The first-order valence-electron chi connectivity index (χ1n) is 7.83. The van der Waals surface area contributed by atoms with Gasteiger partial charge in [0, 0.05) is 41.5 Å². The molecule has 0 bridgehead atoms. The zero-order valence-corrected chi connectivity index (χ0v) is 14.3. The summed E-state index contributed by atoms with van der Waals surface area (Å²) in [6, 6.07) is 5.72. The molecule has 2 N–H and O–H groups in total. The Kier molecular flexibility index (Phi) is 4.26. The second-order valence-corrected chi connectivity index (χ2v) is 7.07. The summed E-state index contributed by atoms with van der Waals surface area (Å²) in [5, 5.41) is 0. The van der Waals surface area contributed by atoms with Gasteiger partial charge in [0.05, 0.1) is 0 Å². The maximum absolute atomic E-state index is 12.6. The van der Waals surface area contributed by atoms with Gasteiger partial charge in [0.1, 0.15) is 0 Å². The molecule has 2 heterocycles. The molecule has 23 heavy (non-hydrogen) atoms. The van der Waals surface area contributed by atoms with Gasteiger partial charge in [-0.2, -0.15) is 0 Å². The highest BCUT2D eigenvalue weighted by molar-refractivity contribution is 7.09. The number of benzene rings is 1. The van der Waals surface area contributed by atoms with Crippen molar-refractivity contribution in [3.63, 3.8) is 0 Å². The minimum absolute atomic E-state index is 0.0103. The molecule has 0 fully saturated rings. The van der Waals surface area contributed by atoms with Crippen LogP contribution in [0.1, 0.15) is 29.0 Å². The lowest BCUT2D eigenvalue weighted by Gasteiger charge is -2.30. The largest absolute Gasteiger partial charge is 0.398 e. The Labute approximate surface area is 139 Å². The minimum atomic E-state index is 0.0103. The molecule has 1 amide bonds. The standard InChI is InChI=1S/C17H21N3O2S/c1-11-12(2)23-17(22)19(11)10-8-16(21)20-9-4-5-13-14(18)6-3-7-15(13)20/h3,6-7H,4-5,8-10,18H2,1-2H3. The lowest BCUT2D eigenvalue weighted by molar-refractivity contribution is -0.118. The molecule has 0 atom stereocenters. The Bertz CT molecular complexity index is 807. The highest BCUT2D eigenvalue weighted by atomic mass is 32.1. The van der Waals surface area contributed by atoms with E-state index in [2.05, 4.69) is 0 Å². The van der Waals surface area contributed by atoms with Gasteiger partial charge < -0.3 is 15.2 Å². The average molecular weight is 331 g/mol. The van der Waals surface area contributed by atoms with E-state index < -0.39 is 0 Å². The summed E-state index contributed by atoms with van der Waals surface area (Å²) >= 11 is 1.24. The SMILES string of the molecule is Cc1sc(=O)n(CCC(=O)N2CCCc3c(N)cccc32)c1C. The predicted molar refractivity (Wildman–Crippen MR) is 94.2 cm³/mol. The van der Waals surface area contributed by atoms with Crippen LogP contribution in [-0.4, -0.2) is 17.0 Å². The van der Waals surface area contributed by atoms with Crippen molar-refractivity contribution in [1.29, 1.82) is 0 Å². The molecule has 0 saturated heterocycles. The third-order valence-electron chi connectivity index (χ3n) is 4.51. The number of carbonyl (C=O) groups is 1. The Morgan fingerprint density at radius 3 is 2.83 bits per heavy atom. The summed E-state index contributed by atoms with van der Waals surface area (Å²) in [5.74, 6) is 0.0479. The first kappa shape index (κ1) is 15.8. The van der Waals surface area contributed by atoms with Crippen LogP contribution in [0.15, 0.2) is 23.0 Å². The van der Waals surface area contributed by atoms with E-state index in [-0.39, 0.29) is 10.8 Å². The van der Waals surface area contributed by atoms with Crippen LogP contribution in [0.25, 0.3) is 0 Å². The number of carbonyl (C=O) groups excluding carboxylic acids is 1. The molecule has 1 aliphatic rings. The Hall–Kier alpha value is -2.08. The number of nitrogens with zero attached hydrogens (tertiary/aromatic N) is 2. The maximum Gasteiger partial charge on any atom is 0.307 e. The highest BCUT2D eigenvalue weighted by Gasteiger charge is 2.23. The van der Waals surface area contributed by atoms with E-state index in [0.717, 1.165) is 40.4 Å². The Morgan fingerprint density at radius 1 is 1.35 bits per heavy atom. The van der Waals surface area contributed by atoms with Gasteiger partial charge >= 0.3 is 4.87 Å². The third kappa shape index (κ3) is 2.91. The number of nitrogen functional groups attached to an aromatic ring is 1. The van der Waals surface area contributed by atoms with Crippen LogP contribution in [0.3, 0.4) is 0 Å². The van der Waals surface area contributed by atoms with Crippen LogP contribution >= 0.6 is 11.3 Å². The second-order valence-electron chi connectivity index (χ2n) is 5.91. The van der Waals surface area contributed by atoms with Crippen LogP contribution < -0.4 is 15.5 Å². The van der Waals surface area contributed by atoms with Crippen molar-refractivity contribution in [1.82, 2.24) is 4.57 Å². The van der Waals surface area contributed by atoms with E-state index in [1.165, 1.54) is 11.3 Å². The number of rotatable bonds is 3. The van der Waals surface area contributed by atoms with Gasteiger partial charge in [0.25, 0.3) is 0 Å². The second kappa shape index (κ2) is 6.20. The smallest absolute Gasteiger partial charge is 0.307 e. The van der Waals surface area contributed by atoms with Crippen molar-refractivity contribution in [2.45, 2.75) is 39.7 Å². The number of thiazole rings is 1. The van der Waals surface area contributed by atoms with Crippen molar-refractivity contribution in [2.75, 3.05) is 17.2 Å². The van der Waals surface area contributed by atoms with Crippen LogP contribution in [0.4, 0.5) is 11.4 Å². The molecule has 0 spiro atoms. The third-order valence-corrected chi connectivity index (χ3v) is 5.51. The summed E-state index contributed by atoms with van der Waals surface area (Å²) in [4.78, 5) is 27.4. The molecule has 1 aromatic carbocycles. The summed E-state index contributed by atoms with van der Waals surface area (Å²) in [6.07, 6.45) is 2.16. The van der Waals surface area contributed by atoms with Crippen molar-refractivity contribution >= 4 is 28.6 Å². The molecule has 3 rings (SSSR count). The first-order chi connectivity index (χ1) is 11.0. The Morgan fingerprint density at radius 2 is 2.13 bits per heavy atom. The van der Waals surface area contributed by atoms with Crippen LogP contribution in [0.2, 0.25) is 0 Å². The lowest BCUT2D eigenvalue weighted by atomic mass is 9.99. The lowest BCUT2D eigenvalue weighted by Crippen LogP contribution is -2.36. The molecule has 0 saturated carbocycles. The number of hydrogen-bond acceptors (Lipinski definition) is 4. The van der Waals surface area contributed by atoms with Crippen molar-refractivity contribution < 1.29 is 4.79 Å². The quantitative estimate of drug-likeness (QED) is 0.879. The van der Waals surface area contributed by atoms with Gasteiger partial charge in [-0.15, -0.1) is 0 Å². The monoisotopic (exact) mass is 331 g/mol. The van der Waals surface area contributed by atoms with E-state index in [4.69, 9.17) is 5.73 Å². The average Bonchev–Trinajstić information content (AvgIpc) is 2.78. The van der Waals surface area contributed by atoms with Crippen molar-refractivity contribution in [2.24, 2.45) is 0 Å². The number of amides is 1. The molecule has 5 nitrogen and oxygen atoms in total. The fraction of sp³-hybridized carbons (Fsp3) is 0.412. The first-order valence-corrected chi connectivity index (χ1v) is 8.65. The normalized spacial score (nSPS) is 13.9. The number of anilines is 2. The van der Waals surface area contributed by atoms with E-state index >= 15 is 0 Å².